The molecular weight excluding hydrogens is 324 g/mol. The lowest BCUT2D eigenvalue weighted by Crippen LogP contribution is -2.41. The first-order valence-electron chi connectivity index (χ1n) is 7.59. The number of hydrogen-bond acceptors (Lipinski definition) is 6. The van der Waals surface area contributed by atoms with E-state index >= 15 is 0 Å². The van der Waals surface area contributed by atoms with Gasteiger partial charge in [0.25, 0.3) is 0 Å². The molecule has 1 N–H and O–H groups in total. The summed E-state index contributed by atoms with van der Waals surface area (Å²) in [5, 5.41) is 2.71. The first kappa shape index (κ1) is 16.5. The van der Waals surface area contributed by atoms with E-state index in [4.69, 9.17) is 4.74 Å². The Morgan fingerprint density at radius 1 is 1.20 bits per heavy atom. The second kappa shape index (κ2) is 7.04. The fourth-order valence-electron chi connectivity index (χ4n) is 2.56. The number of anilines is 2. The van der Waals surface area contributed by atoms with Crippen molar-refractivity contribution in [3.05, 3.63) is 54.1 Å². The van der Waals surface area contributed by atoms with Crippen LogP contribution in [0.25, 0.3) is 0 Å². The molecule has 0 bridgehead atoms. The third kappa shape index (κ3) is 3.77. The van der Waals surface area contributed by atoms with Crippen LogP contribution >= 0.6 is 0 Å². The van der Waals surface area contributed by atoms with E-state index < -0.39 is 11.9 Å². The number of methoxy groups -OCH3 is 1. The number of carbonyl (C=O) groups is 3. The Labute approximate surface area is 144 Å². The first-order chi connectivity index (χ1) is 12.1. The molecule has 7 heteroatoms. The molecule has 0 radical (unpaired) electrons. The van der Waals surface area contributed by atoms with E-state index in [0.717, 1.165) is 0 Å². The molecule has 1 aliphatic rings. The molecule has 0 aliphatic carbocycles. The number of esters is 2. The molecule has 0 aromatic heterocycles. The third-order valence-corrected chi connectivity index (χ3v) is 3.65. The van der Waals surface area contributed by atoms with Gasteiger partial charge in [0.1, 0.15) is 6.54 Å². The van der Waals surface area contributed by atoms with Gasteiger partial charge in [0, 0.05) is 5.69 Å². The normalized spacial score (nSPS) is 12.8. The first-order valence-corrected chi connectivity index (χ1v) is 7.59. The van der Waals surface area contributed by atoms with E-state index in [1.165, 1.54) is 13.2 Å². The summed E-state index contributed by atoms with van der Waals surface area (Å²) in [6.45, 7) is -0.0266. The largest absolute Gasteiger partial charge is 0.465 e. The zero-order valence-electron chi connectivity index (χ0n) is 13.5. The highest BCUT2D eigenvalue weighted by Gasteiger charge is 2.25. The maximum Gasteiger partial charge on any atom is 0.337 e. The Morgan fingerprint density at radius 3 is 2.80 bits per heavy atom. The van der Waals surface area contributed by atoms with Gasteiger partial charge >= 0.3 is 11.9 Å². The molecule has 3 rings (SSSR count). The molecule has 0 saturated heterocycles. The number of amides is 1. The van der Waals surface area contributed by atoms with Crippen LogP contribution in [0.4, 0.5) is 11.4 Å². The van der Waals surface area contributed by atoms with Crippen LogP contribution in [-0.4, -0.2) is 38.0 Å². The molecule has 1 heterocycles. The molecular formula is C18H16N2O5. The molecule has 25 heavy (non-hydrogen) atoms. The fourth-order valence-corrected chi connectivity index (χ4v) is 2.56. The van der Waals surface area contributed by atoms with Crippen molar-refractivity contribution in [3.8, 4) is 5.75 Å². The lowest BCUT2D eigenvalue weighted by atomic mass is 10.2. The Kier molecular flexibility index (Phi) is 4.65. The zero-order chi connectivity index (χ0) is 17.8. The molecule has 128 valence electrons. The molecule has 0 unspecified atom stereocenters. The van der Waals surface area contributed by atoms with E-state index in [-0.39, 0.29) is 19.0 Å². The van der Waals surface area contributed by atoms with E-state index in [2.05, 4.69) is 10.1 Å². The topological polar surface area (TPSA) is 84.9 Å². The number of fused-ring (bicyclic) bond motifs is 1. The molecule has 0 fully saturated rings. The molecule has 7 nitrogen and oxygen atoms in total. The van der Waals surface area contributed by atoms with Crippen molar-refractivity contribution >= 4 is 29.2 Å². The molecule has 0 saturated carbocycles. The molecule has 1 amide bonds. The second-order valence-corrected chi connectivity index (χ2v) is 5.42. The molecule has 0 atom stereocenters. The van der Waals surface area contributed by atoms with Crippen molar-refractivity contribution in [2.45, 2.75) is 0 Å². The van der Waals surface area contributed by atoms with Crippen LogP contribution in [0.15, 0.2) is 48.5 Å². The minimum atomic E-state index is -0.483. The zero-order valence-corrected chi connectivity index (χ0v) is 13.5. The minimum absolute atomic E-state index is 0.00731. The van der Waals surface area contributed by atoms with E-state index in [1.807, 2.05) is 6.07 Å². The van der Waals surface area contributed by atoms with Gasteiger partial charge in [0.2, 0.25) is 5.91 Å². The van der Waals surface area contributed by atoms with Crippen LogP contribution in [0.3, 0.4) is 0 Å². The van der Waals surface area contributed by atoms with Crippen LogP contribution in [0, 0.1) is 0 Å². The highest BCUT2D eigenvalue weighted by atomic mass is 16.5. The maximum absolute atomic E-state index is 12.3. The van der Waals surface area contributed by atoms with Gasteiger partial charge in [-0.05, 0) is 30.3 Å². The summed E-state index contributed by atoms with van der Waals surface area (Å²) in [5.41, 5.74) is 1.49. The maximum atomic E-state index is 12.3. The van der Waals surface area contributed by atoms with Crippen LogP contribution in [0.1, 0.15) is 10.4 Å². The van der Waals surface area contributed by atoms with E-state index in [1.54, 1.807) is 41.3 Å². The second-order valence-electron chi connectivity index (χ2n) is 5.42. The third-order valence-electron chi connectivity index (χ3n) is 3.65. The van der Waals surface area contributed by atoms with Crippen molar-refractivity contribution in [1.82, 2.24) is 0 Å². The van der Waals surface area contributed by atoms with Crippen LogP contribution in [-0.2, 0) is 14.3 Å². The number of nitrogens with one attached hydrogen (secondary N) is 1. The van der Waals surface area contributed by atoms with Gasteiger partial charge in [-0.25, -0.2) is 9.59 Å². The average Bonchev–Trinajstić information content (AvgIpc) is 2.61. The van der Waals surface area contributed by atoms with Crippen molar-refractivity contribution in [2.24, 2.45) is 0 Å². The SMILES string of the molecule is COC(=O)c1cccc(NC(=O)CN2CC(=O)Oc3ccccc32)c1. The van der Waals surface area contributed by atoms with Gasteiger partial charge in [-0.3, -0.25) is 4.79 Å². The summed E-state index contributed by atoms with van der Waals surface area (Å²) in [4.78, 5) is 37.2. The van der Waals surface area contributed by atoms with Crippen molar-refractivity contribution in [1.29, 1.82) is 0 Å². The summed E-state index contributed by atoms with van der Waals surface area (Å²) >= 11 is 0. The van der Waals surface area contributed by atoms with Crippen LogP contribution < -0.4 is 15.0 Å². The van der Waals surface area contributed by atoms with Crippen LogP contribution in [0.5, 0.6) is 5.75 Å². The van der Waals surface area contributed by atoms with Gasteiger partial charge in [-0.2, -0.15) is 0 Å². The Morgan fingerprint density at radius 2 is 2.00 bits per heavy atom. The van der Waals surface area contributed by atoms with Gasteiger partial charge in [0.05, 0.1) is 24.9 Å². The summed E-state index contributed by atoms with van der Waals surface area (Å²) < 4.78 is 9.81. The Hall–Kier alpha value is -3.35. The predicted octanol–water partition coefficient (Wildman–Crippen LogP) is 1.84. The quantitative estimate of drug-likeness (QED) is 0.675. The number of para-hydroxylation sites is 2. The number of rotatable bonds is 4. The predicted molar refractivity (Wildman–Crippen MR) is 90.7 cm³/mol. The Balaban J connectivity index is 1.71. The minimum Gasteiger partial charge on any atom is -0.465 e. The fraction of sp³-hybridized carbons (Fsp3) is 0.167. The highest BCUT2D eigenvalue weighted by molar-refractivity contribution is 5.97. The summed E-state index contributed by atoms with van der Waals surface area (Å²) in [6.07, 6.45) is 0. The number of carbonyl (C=O) groups excluding carboxylic acids is 3. The summed E-state index contributed by atoms with van der Waals surface area (Å²) in [5.74, 6) is -0.784. The Bertz CT molecular complexity index is 834. The standard InChI is InChI=1S/C18H16N2O5/c1-24-18(23)12-5-4-6-13(9-12)19-16(21)10-20-11-17(22)25-15-8-3-2-7-14(15)20/h2-9H,10-11H2,1H3,(H,19,21). The average molecular weight is 340 g/mol. The van der Waals surface area contributed by atoms with Crippen molar-refractivity contribution < 1.29 is 23.9 Å². The van der Waals surface area contributed by atoms with Gasteiger partial charge in [0.15, 0.2) is 5.75 Å². The molecule has 2 aromatic rings. The molecule has 2 aromatic carbocycles. The highest BCUT2D eigenvalue weighted by Crippen LogP contribution is 2.31. The van der Waals surface area contributed by atoms with E-state index in [9.17, 15) is 14.4 Å². The summed E-state index contributed by atoms with van der Waals surface area (Å²) in [7, 11) is 1.29. The number of nitrogens with zero attached hydrogens (tertiary/aromatic N) is 1. The molecule has 1 aliphatic heterocycles. The molecule has 0 spiro atoms. The van der Waals surface area contributed by atoms with Crippen molar-refractivity contribution in [3.63, 3.8) is 0 Å². The smallest absolute Gasteiger partial charge is 0.337 e. The van der Waals surface area contributed by atoms with Gasteiger partial charge in [-0.1, -0.05) is 18.2 Å². The number of hydrogen-bond donors (Lipinski definition) is 1. The number of ether oxygens (including phenoxy) is 2. The van der Waals surface area contributed by atoms with Crippen molar-refractivity contribution in [2.75, 3.05) is 30.4 Å². The monoisotopic (exact) mass is 340 g/mol. The summed E-state index contributed by atoms with van der Waals surface area (Å²) in [6, 6.07) is 13.5. The van der Waals surface area contributed by atoms with Gasteiger partial charge in [-0.15, -0.1) is 0 Å². The number of benzene rings is 2. The van der Waals surface area contributed by atoms with Gasteiger partial charge < -0.3 is 19.7 Å². The lowest BCUT2D eigenvalue weighted by Gasteiger charge is -2.29. The van der Waals surface area contributed by atoms with Crippen LogP contribution in [0.2, 0.25) is 0 Å². The van der Waals surface area contributed by atoms with E-state index in [0.29, 0.717) is 22.7 Å². The lowest BCUT2D eigenvalue weighted by molar-refractivity contribution is -0.133.